The van der Waals surface area contributed by atoms with Gasteiger partial charge in [-0.05, 0) is 59.7 Å². The maximum absolute atomic E-state index is 6.49. The minimum Gasteiger partial charge on any atom is -0.456 e. The number of rotatable bonds is 6. The van der Waals surface area contributed by atoms with E-state index in [0.29, 0.717) is 34.6 Å². The topological polar surface area (TPSA) is 90.7 Å². The molecule has 7 heteroatoms. The molecular weight excluding hydrogens is 643 g/mol. The first kappa shape index (κ1) is 29.6. The van der Waals surface area contributed by atoms with E-state index in [2.05, 4.69) is 24.3 Å². The molecule has 0 aliphatic carbocycles. The van der Waals surface area contributed by atoms with Crippen molar-refractivity contribution in [1.82, 2.24) is 24.9 Å². The molecule has 4 heterocycles. The van der Waals surface area contributed by atoms with Gasteiger partial charge < -0.3 is 8.83 Å². The largest absolute Gasteiger partial charge is 0.456 e. The molecule has 0 amide bonds. The van der Waals surface area contributed by atoms with Crippen molar-refractivity contribution < 1.29 is 8.83 Å². The number of furan rings is 1. The first-order chi connectivity index (χ1) is 25.7. The third-order valence-electron chi connectivity index (χ3n) is 9.19. The second-order valence-corrected chi connectivity index (χ2v) is 12.5. The molecule has 0 aliphatic rings. The van der Waals surface area contributed by atoms with E-state index in [1.54, 1.807) is 0 Å². The molecule has 244 valence electrons. The Bertz CT molecular complexity index is 2840. The van der Waals surface area contributed by atoms with Crippen LogP contribution in [0.4, 0.5) is 0 Å². The van der Waals surface area contributed by atoms with Crippen LogP contribution in [0.15, 0.2) is 173 Å². The number of aromatic nitrogens is 5. The normalized spacial score (nSPS) is 11.5. The molecule has 0 unspecified atom stereocenters. The summed E-state index contributed by atoms with van der Waals surface area (Å²) in [4.78, 5) is 24.3. The molecule has 0 saturated carbocycles. The smallest absolute Gasteiger partial charge is 0.246 e. The van der Waals surface area contributed by atoms with E-state index in [4.69, 9.17) is 33.8 Å². The first-order valence-electron chi connectivity index (χ1n) is 17.0. The van der Waals surface area contributed by atoms with Gasteiger partial charge in [0, 0.05) is 33.0 Å². The van der Waals surface area contributed by atoms with E-state index >= 15 is 0 Å². The molecule has 0 bridgehead atoms. The Kier molecular flexibility index (Phi) is 6.99. The number of benzene rings is 6. The van der Waals surface area contributed by atoms with Crippen LogP contribution in [0.3, 0.4) is 0 Å². The van der Waals surface area contributed by atoms with Gasteiger partial charge in [0.1, 0.15) is 22.4 Å². The van der Waals surface area contributed by atoms with Crippen molar-refractivity contribution >= 4 is 33.0 Å². The molecule has 0 saturated heterocycles. The van der Waals surface area contributed by atoms with Gasteiger partial charge in [0.2, 0.25) is 5.89 Å². The SMILES string of the molecule is c1ccc(-c2cccc(-c3nc4cc(-c5ccc6c(c5)oc5cc(-c7nc(-c8ccccc8)nc(-c8ccccc8)n7)ccc56)ccc4o3)n2)cc1. The summed E-state index contributed by atoms with van der Waals surface area (Å²) in [6.45, 7) is 0. The molecule has 7 nitrogen and oxygen atoms in total. The van der Waals surface area contributed by atoms with Gasteiger partial charge in [0.15, 0.2) is 23.1 Å². The molecule has 0 spiro atoms. The van der Waals surface area contributed by atoms with E-state index in [9.17, 15) is 0 Å². The Balaban J connectivity index is 0.998. The predicted molar refractivity (Wildman–Crippen MR) is 205 cm³/mol. The summed E-state index contributed by atoms with van der Waals surface area (Å²) in [5, 5.41) is 2.05. The number of fused-ring (bicyclic) bond motifs is 4. The summed E-state index contributed by atoms with van der Waals surface area (Å²) < 4.78 is 12.6. The maximum Gasteiger partial charge on any atom is 0.246 e. The third kappa shape index (κ3) is 5.37. The van der Waals surface area contributed by atoms with Crippen LogP contribution >= 0.6 is 0 Å². The number of hydrogen-bond donors (Lipinski definition) is 0. The Morgan fingerprint density at radius 1 is 0.308 bits per heavy atom. The maximum atomic E-state index is 6.49. The number of pyridine rings is 1. The molecule has 6 aromatic carbocycles. The Labute approximate surface area is 298 Å². The van der Waals surface area contributed by atoms with Crippen LogP contribution in [0, 0.1) is 0 Å². The minimum atomic E-state index is 0.485. The average Bonchev–Trinajstić information content (AvgIpc) is 3.82. The van der Waals surface area contributed by atoms with E-state index in [1.165, 1.54) is 0 Å². The van der Waals surface area contributed by atoms with Crippen molar-refractivity contribution in [2.24, 2.45) is 0 Å². The highest BCUT2D eigenvalue weighted by molar-refractivity contribution is 6.07. The van der Waals surface area contributed by atoms with Crippen molar-refractivity contribution in [3.8, 4) is 68.1 Å². The second-order valence-electron chi connectivity index (χ2n) is 12.5. The fraction of sp³-hybridized carbons (Fsp3) is 0. The van der Waals surface area contributed by atoms with Crippen molar-refractivity contribution in [2.45, 2.75) is 0 Å². The van der Waals surface area contributed by atoms with Crippen molar-refractivity contribution in [1.29, 1.82) is 0 Å². The lowest BCUT2D eigenvalue weighted by Gasteiger charge is -2.08. The number of nitrogens with zero attached hydrogens (tertiary/aromatic N) is 5. The van der Waals surface area contributed by atoms with E-state index in [1.807, 2.05) is 140 Å². The highest BCUT2D eigenvalue weighted by Gasteiger charge is 2.16. The fourth-order valence-corrected chi connectivity index (χ4v) is 6.57. The average molecular weight is 670 g/mol. The molecule has 0 N–H and O–H groups in total. The van der Waals surface area contributed by atoms with E-state index in [-0.39, 0.29) is 0 Å². The van der Waals surface area contributed by atoms with E-state index in [0.717, 1.165) is 66.5 Å². The van der Waals surface area contributed by atoms with Gasteiger partial charge >= 0.3 is 0 Å². The van der Waals surface area contributed by atoms with Crippen LogP contribution in [0.25, 0.3) is 101 Å². The predicted octanol–water partition coefficient (Wildman–Crippen LogP) is 11.3. The van der Waals surface area contributed by atoms with Gasteiger partial charge in [-0.3, -0.25) is 0 Å². The standard InChI is InChI=1S/C45H27N5O2/c1-4-11-28(12-5-1)36-17-10-18-37(46-36)45-47-38-25-31(21-24-39(38)52-45)32-19-22-34-35-23-20-33(27-41(35)51-40(34)26-32)44-49-42(29-13-6-2-7-14-29)48-43(50-44)30-15-8-3-9-16-30/h1-27H. The fourth-order valence-electron chi connectivity index (χ4n) is 6.57. The van der Waals surface area contributed by atoms with Crippen LogP contribution in [0.5, 0.6) is 0 Å². The van der Waals surface area contributed by atoms with Gasteiger partial charge in [-0.15, -0.1) is 0 Å². The molecular formula is C45H27N5O2. The molecule has 4 aromatic heterocycles. The Morgan fingerprint density at radius 3 is 1.48 bits per heavy atom. The quantitative estimate of drug-likeness (QED) is 0.174. The van der Waals surface area contributed by atoms with Crippen LogP contribution in [0.1, 0.15) is 0 Å². The van der Waals surface area contributed by atoms with Crippen LogP contribution in [0.2, 0.25) is 0 Å². The highest BCUT2D eigenvalue weighted by Crippen LogP contribution is 2.36. The summed E-state index contributed by atoms with van der Waals surface area (Å²) in [6, 6.07) is 54.4. The van der Waals surface area contributed by atoms with Gasteiger partial charge in [-0.25, -0.2) is 24.9 Å². The van der Waals surface area contributed by atoms with E-state index < -0.39 is 0 Å². The minimum absolute atomic E-state index is 0.485. The lowest BCUT2D eigenvalue weighted by atomic mass is 10.0. The first-order valence-corrected chi connectivity index (χ1v) is 17.0. The summed E-state index contributed by atoms with van der Waals surface area (Å²) in [7, 11) is 0. The zero-order valence-corrected chi connectivity index (χ0v) is 27.6. The van der Waals surface area contributed by atoms with Gasteiger partial charge in [-0.1, -0.05) is 115 Å². The Morgan fingerprint density at radius 2 is 0.827 bits per heavy atom. The molecule has 52 heavy (non-hydrogen) atoms. The summed E-state index contributed by atoms with van der Waals surface area (Å²) in [5.74, 6) is 2.30. The Hall–Kier alpha value is -7.25. The molecule has 0 radical (unpaired) electrons. The van der Waals surface area contributed by atoms with Gasteiger partial charge in [0.25, 0.3) is 0 Å². The zero-order chi connectivity index (χ0) is 34.4. The molecule has 0 atom stereocenters. The zero-order valence-electron chi connectivity index (χ0n) is 27.6. The highest BCUT2D eigenvalue weighted by atomic mass is 16.3. The lowest BCUT2D eigenvalue weighted by molar-refractivity contribution is 0.617. The summed E-state index contributed by atoms with van der Waals surface area (Å²) >= 11 is 0. The van der Waals surface area contributed by atoms with Crippen LogP contribution in [-0.2, 0) is 0 Å². The molecule has 0 aliphatic heterocycles. The lowest BCUT2D eigenvalue weighted by Crippen LogP contribution is -2.00. The molecule has 0 fully saturated rings. The second kappa shape index (κ2) is 12.3. The van der Waals surface area contributed by atoms with Crippen molar-refractivity contribution in [2.75, 3.05) is 0 Å². The molecule has 10 rings (SSSR count). The summed E-state index contributed by atoms with van der Waals surface area (Å²) in [5.41, 5.74) is 10.3. The van der Waals surface area contributed by atoms with Crippen molar-refractivity contribution in [3.05, 3.63) is 164 Å². The monoisotopic (exact) mass is 669 g/mol. The van der Waals surface area contributed by atoms with Crippen molar-refractivity contribution in [3.63, 3.8) is 0 Å². The number of oxazole rings is 1. The van der Waals surface area contributed by atoms with Crippen LogP contribution in [-0.4, -0.2) is 24.9 Å². The number of hydrogen-bond acceptors (Lipinski definition) is 7. The molecule has 10 aromatic rings. The third-order valence-corrected chi connectivity index (χ3v) is 9.19. The van der Waals surface area contributed by atoms with Gasteiger partial charge in [0.05, 0.1) is 5.69 Å². The van der Waals surface area contributed by atoms with Crippen LogP contribution < -0.4 is 0 Å². The van der Waals surface area contributed by atoms with Gasteiger partial charge in [-0.2, -0.15) is 0 Å². The summed E-state index contributed by atoms with van der Waals surface area (Å²) in [6.07, 6.45) is 0.